The molecule has 0 radical (unpaired) electrons. The number of nitrogens with zero attached hydrogens (tertiary/aromatic N) is 2. The Bertz CT molecular complexity index is 892. The number of rotatable bonds is 4. The van der Waals surface area contributed by atoms with Gasteiger partial charge in [-0.15, -0.1) is 0 Å². The molecule has 26 heavy (non-hydrogen) atoms. The molecule has 0 N–H and O–H groups in total. The van der Waals surface area contributed by atoms with Crippen LogP contribution in [0.4, 0.5) is 0 Å². The Kier molecular flexibility index (Phi) is 5.41. The molecule has 0 fully saturated rings. The first-order chi connectivity index (χ1) is 12.3. The Balaban J connectivity index is 2.07. The number of thioether (sulfide) groups is 1. The van der Waals surface area contributed by atoms with E-state index in [-0.39, 0.29) is 5.78 Å². The van der Waals surface area contributed by atoms with Crippen LogP contribution >= 0.6 is 23.4 Å². The highest BCUT2D eigenvalue weighted by Crippen LogP contribution is 2.39. The molecule has 0 amide bonds. The Morgan fingerprint density at radius 2 is 1.96 bits per heavy atom. The van der Waals surface area contributed by atoms with Crippen LogP contribution in [-0.2, 0) is 17.6 Å². The molecule has 1 aliphatic rings. The lowest BCUT2D eigenvalue weighted by molar-refractivity contribution is -0.123. The molecule has 3 rings (SSSR count). The minimum absolute atomic E-state index is 0.154. The number of benzene rings is 1. The Hall–Kier alpha value is -1.83. The van der Waals surface area contributed by atoms with Crippen molar-refractivity contribution in [2.24, 2.45) is 5.41 Å². The summed E-state index contributed by atoms with van der Waals surface area (Å²) in [5, 5.41) is 11.2. The van der Waals surface area contributed by atoms with E-state index < -0.39 is 5.41 Å². The third-order valence-electron chi connectivity index (χ3n) is 4.61. The summed E-state index contributed by atoms with van der Waals surface area (Å²) in [7, 11) is 0. The molecule has 1 heterocycles. The van der Waals surface area contributed by atoms with Gasteiger partial charge in [0.1, 0.15) is 16.9 Å². The highest BCUT2D eigenvalue weighted by Gasteiger charge is 2.26. The van der Waals surface area contributed by atoms with Gasteiger partial charge in [0.25, 0.3) is 0 Å². The number of fused-ring (bicyclic) bond motifs is 1. The van der Waals surface area contributed by atoms with Gasteiger partial charge in [0.05, 0.1) is 11.3 Å². The molecule has 5 heteroatoms. The molecule has 0 atom stereocenters. The quantitative estimate of drug-likeness (QED) is 0.656. The third-order valence-corrected chi connectivity index (χ3v) is 5.84. The summed E-state index contributed by atoms with van der Waals surface area (Å²) < 4.78 is 0. The molecule has 3 nitrogen and oxygen atoms in total. The van der Waals surface area contributed by atoms with E-state index in [1.165, 1.54) is 11.8 Å². The van der Waals surface area contributed by atoms with Crippen molar-refractivity contribution >= 4 is 29.1 Å². The van der Waals surface area contributed by atoms with E-state index in [4.69, 9.17) is 16.6 Å². The van der Waals surface area contributed by atoms with Crippen LogP contribution in [0.25, 0.3) is 11.1 Å². The lowest BCUT2D eigenvalue weighted by Gasteiger charge is -2.17. The van der Waals surface area contributed by atoms with Crippen molar-refractivity contribution in [3.8, 4) is 17.2 Å². The lowest BCUT2D eigenvalue weighted by atomic mass is 9.92. The van der Waals surface area contributed by atoms with Crippen molar-refractivity contribution in [1.29, 1.82) is 5.26 Å². The minimum Gasteiger partial charge on any atom is -0.298 e. The van der Waals surface area contributed by atoms with Crippen LogP contribution in [-0.4, -0.2) is 16.5 Å². The highest BCUT2D eigenvalue weighted by atomic mass is 35.5. The van der Waals surface area contributed by atoms with Gasteiger partial charge in [-0.05, 0) is 42.5 Å². The predicted octanol–water partition coefficient (Wildman–Crippen LogP) is 5.47. The molecule has 0 aliphatic heterocycles. The zero-order valence-electron chi connectivity index (χ0n) is 15.2. The fourth-order valence-corrected chi connectivity index (χ4v) is 4.34. The van der Waals surface area contributed by atoms with E-state index in [1.807, 2.05) is 45.0 Å². The number of pyridine rings is 1. The van der Waals surface area contributed by atoms with Gasteiger partial charge in [0.15, 0.2) is 0 Å². The number of carbonyl (C=O) groups excluding carboxylic acids is 1. The van der Waals surface area contributed by atoms with Crippen molar-refractivity contribution in [1.82, 2.24) is 4.98 Å². The number of hydrogen-bond donors (Lipinski definition) is 0. The minimum atomic E-state index is -0.393. The van der Waals surface area contributed by atoms with Crippen LogP contribution in [0.3, 0.4) is 0 Å². The van der Waals surface area contributed by atoms with Gasteiger partial charge in [-0.2, -0.15) is 5.26 Å². The number of aromatic nitrogens is 1. The fraction of sp³-hybridized carbons (Fsp3) is 0.381. The van der Waals surface area contributed by atoms with Crippen molar-refractivity contribution in [3.63, 3.8) is 0 Å². The number of hydrogen-bond acceptors (Lipinski definition) is 4. The number of ketones is 1. The summed E-state index contributed by atoms with van der Waals surface area (Å²) >= 11 is 7.41. The first-order valence-electron chi connectivity index (χ1n) is 8.69. The molecule has 2 aromatic rings. The molecule has 134 valence electrons. The Morgan fingerprint density at radius 3 is 2.58 bits per heavy atom. The predicted molar refractivity (Wildman–Crippen MR) is 107 cm³/mol. The van der Waals surface area contributed by atoms with E-state index in [1.54, 1.807) is 0 Å². The second-order valence-corrected chi connectivity index (χ2v) is 8.93. The standard InChI is InChI=1S/C21H21ClN2OS/c1-21(2,3)18(25)12-26-20-16(11-23)19(13-7-9-14(22)10-8-13)15-5-4-6-17(15)24-20/h7-10H,4-6,12H2,1-3H3. The van der Waals surface area contributed by atoms with Gasteiger partial charge in [-0.3, -0.25) is 4.79 Å². The molecule has 1 aliphatic carbocycles. The number of carbonyl (C=O) groups is 1. The smallest absolute Gasteiger partial charge is 0.148 e. The first kappa shape index (κ1) is 18.9. The largest absolute Gasteiger partial charge is 0.298 e. The number of aryl methyl sites for hydroxylation is 1. The van der Waals surface area contributed by atoms with Gasteiger partial charge in [-0.25, -0.2) is 4.98 Å². The van der Waals surface area contributed by atoms with E-state index in [2.05, 4.69) is 6.07 Å². The summed E-state index contributed by atoms with van der Waals surface area (Å²) in [5.41, 5.74) is 4.33. The van der Waals surface area contributed by atoms with Crippen molar-refractivity contribution in [3.05, 3.63) is 46.1 Å². The Labute approximate surface area is 163 Å². The molecule has 0 unspecified atom stereocenters. The van der Waals surface area contributed by atoms with Crippen LogP contribution in [0.1, 0.15) is 44.0 Å². The highest BCUT2D eigenvalue weighted by molar-refractivity contribution is 8.00. The zero-order valence-corrected chi connectivity index (χ0v) is 16.8. The molecule has 0 bridgehead atoms. The fourth-order valence-electron chi connectivity index (χ4n) is 3.05. The molecule has 0 saturated carbocycles. The third kappa shape index (κ3) is 3.79. The van der Waals surface area contributed by atoms with Gasteiger partial charge in [0, 0.05) is 21.7 Å². The molecular formula is C21H21ClN2OS. The van der Waals surface area contributed by atoms with Crippen molar-refractivity contribution in [2.75, 3.05) is 5.75 Å². The van der Waals surface area contributed by atoms with Gasteiger partial charge in [0.2, 0.25) is 0 Å². The lowest BCUT2D eigenvalue weighted by Crippen LogP contribution is -2.22. The summed E-state index contributed by atoms with van der Waals surface area (Å²) in [4.78, 5) is 17.1. The average Bonchev–Trinajstić information content (AvgIpc) is 3.06. The maximum Gasteiger partial charge on any atom is 0.148 e. The molecular weight excluding hydrogens is 364 g/mol. The second-order valence-electron chi connectivity index (χ2n) is 7.53. The van der Waals surface area contributed by atoms with Crippen LogP contribution in [0, 0.1) is 16.7 Å². The van der Waals surface area contributed by atoms with Gasteiger partial charge >= 0.3 is 0 Å². The number of halogens is 1. The number of nitriles is 1. The first-order valence-corrected chi connectivity index (χ1v) is 10.1. The maximum absolute atomic E-state index is 12.3. The van der Waals surface area contributed by atoms with Crippen LogP contribution < -0.4 is 0 Å². The van der Waals surface area contributed by atoms with Crippen molar-refractivity contribution < 1.29 is 4.79 Å². The van der Waals surface area contributed by atoms with Gasteiger partial charge < -0.3 is 0 Å². The molecule has 1 aromatic heterocycles. The van der Waals surface area contributed by atoms with E-state index in [9.17, 15) is 10.1 Å². The van der Waals surface area contributed by atoms with Crippen molar-refractivity contribution in [2.45, 2.75) is 45.1 Å². The SMILES string of the molecule is CC(C)(C)C(=O)CSc1nc2c(c(-c3ccc(Cl)cc3)c1C#N)CCC2. The van der Waals surface area contributed by atoms with Crippen LogP contribution in [0.2, 0.25) is 5.02 Å². The molecule has 0 saturated heterocycles. The topological polar surface area (TPSA) is 53.8 Å². The normalized spacial score (nSPS) is 13.3. The maximum atomic E-state index is 12.3. The Morgan fingerprint density at radius 1 is 1.27 bits per heavy atom. The molecule has 1 aromatic carbocycles. The zero-order chi connectivity index (χ0) is 18.9. The van der Waals surface area contributed by atoms with Gasteiger partial charge in [-0.1, -0.05) is 56.3 Å². The monoisotopic (exact) mass is 384 g/mol. The summed E-state index contributed by atoms with van der Waals surface area (Å²) in [6.07, 6.45) is 2.89. The number of Topliss-reactive ketones (excluding diaryl/α,β-unsaturated/α-hetero) is 1. The average molecular weight is 385 g/mol. The van der Waals surface area contributed by atoms with Crippen LogP contribution in [0.15, 0.2) is 29.3 Å². The van der Waals surface area contributed by atoms with E-state index in [0.29, 0.717) is 21.4 Å². The summed E-state index contributed by atoms with van der Waals surface area (Å²) in [5.74, 6) is 0.478. The van der Waals surface area contributed by atoms with E-state index in [0.717, 1.165) is 41.6 Å². The summed E-state index contributed by atoms with van der Waals surface area (Å²) in [6, 6.07) is 9.93. The molecule has 0 spiro atoms. The summed E-state index contributed by atoms with van der Waals surface area (Å²) in [6.45, 7) is 5.74. The second kappa shape index (κ2) is 7.42. The van der Waals surface area contributed by atoms with E-state index >= 15 is 0 Å². The van der Waals surface area contributed by atoms with Crippen LogP contribution in [0.5, 0.6) is 0 Å².